The molecule has 0 spiro atoms. The lowest BCUT2D eigenvalue weighted by Crippen LogP contribution is -2.24. The summed E-state index contributed by atoms with van der Waals surface area (Å²) in [7, 11) is 0. The van der Waals surface area contributed by atoms with Crippen molar-refractivity contribution in [3.63, 3.8) is 0 Å². The molecule has 0 saturated carbocycles. The van der Waals surface area contributed by atoms with E-state index in [9.17, 15) is 15.3 Å². The van der Waals surface area contributed by atoms with Gasteiger partial charge in [0.25, 0.3) is 0 Å². The Morgan fingerprint density at radius 3 is 2.12 bits per heavy atom. The van der Waals surface area contributed by atoms with Gasteiger partial charge >= 0.3 is 5.97 Å². The molecule has 0 unspecified atom stereocenters. The summed E-state index contributed by atoms with van der Waals surface area (Å²) in [5, 5.41) is 24.2. The van der Waals surface area contributed by atoms with Crippen LogP contribution in [0.1, 0.15) is 76.5 Å². The molecule has 32 heavy (non-hydrogen) atoms. The van der Waals surface area contributed by atoms with Gasteiger partial charge in [-0.1, -0.05) is 45.0 Å². The highest BCUT2D eigenvalue weighted by Gasteiger charge is 2.30. The van der Waals surface area contributed by atoms with E-state index in [1.54, 1.807) is 32.4 Å². The molecule has 0 saturated heterocycles. The molecule has 2 aromatic rings. The maximum absolute atomic E-state index is 12.8. The van der Waals surface area contributed by atoms with Gasteiger partial charge in [-0.15, -0.1) is 0 Å². The average Bonchev–Trinajstić information content (AvgIpc) is 3.04. The van der Waals surface area contributed by atoms with E-state index in [4.69, 9.17) is 4.74 Å². The molecule has 0 atom stereocenters. The van der Waals surface area contributed by atoms with E-state index in [0.29, 0.717) is 23.5 Å². The number of nitrogens with zero attached hydrogens (tertiary/aromatic N) is 4. The Morgan fingerprint density at radius 1 is 1.09 bits per heavy atom. The van der Waals surface area contributed by atoms with Crippen LogP contribution < -0.4 is 0 Å². The third kappa shape index (κ3) is 5.45. The molecular formula is C26H32N4O2. The van der Waals surface area contributed by atoms with Crippen LogP contribution in [0, 0.1) is 35.0 Å². The molecule has 0 bridgehead atoms. The highest BCUT2D eigenvalue weighted by molar-refractivity contribution is 5.84. The van der Waals surface area contributed by atoms with E-state index >= 15 is 0 Å². The number of allylic oxidation sites excluding steroid dienone is 1. The summed E-state index contributed by atoms with van der Waals surface area (Å²) in [5.41, 5.74) is 2.82. The fraction of sp³-hybridized carbons (Fsp3) is 0.462. The normalized spacial score (nSPS) is 12.6. The molecule has 1 heterocycles. The lowest BCUT2D eigenvalue weighted by atomic mass is 9.86. The van der Waals surface area contributed by atoms with Gasteiger partial charge in [-0.05, 0) is 51.2 Å². The molecule has 0 aliphatic rings. The molecule has 6 nitrogen and oxygen atoms in total. The number of rotatable bonds is 5. The first-order valence-corrected chi connectivity index (χ1v) is 10.8. The third-order valence-corrected chi connectivity index (χ3v) is 5.17. The number of hydrogen-bond acceptors (Lipinski definition) is 5. The smallest absolute Gasteiger partial charge is 0.316 e. The van der Waals surface area contributed by atoms with Crippen LogP contribution in [0.5, 0.6) is 0 Å². The van der Waals surface area contributed by atoms with Crippen molar-refractivity contribution in [1.82, 2.24) is 9.78 Å². The zero-order valence-electron chi connectivity index (χ0n) is 20.3. The number of aryl methyl sites for hydroxylation is 2. The second-order valence-electron chi connectivity index (χ2n) is 9.92. The van der Waals surface area contributed by atoms with Crippen molar-refractivity contribution in [2.24, 2.45) is 5.41 Å². The fourth-order valence-electron chi connectivity index (χ4n) is 3.17. The second-order valence-corrected chi connectivity index (χ2v) is 9.92. The molecule has 168 valence electrons. The Hall–Kier alpha value is -3.38. The molecule has 0 aliphatic carbocycles. The fourth-order valence-corrected chi connectivity index (χ4v) is 3.17. The second kappa shape index (κ2) is 9.40. The maximum atomic E-state index is 12.8. The Balaban J connectivity index is 2.67. The first-order valence-electron chi connectivity index (χ1n) is 10.8. The Bertz CT molecular complexity index is 1110. The molecule has 0 fully saturated rings. The van der Waals surface area contributed by atoms with E-state index in [0.717, 1.165) is 5.56 Å². The zero-order chi connectivity index (χ0) is 24.3. The number of carbonyl (C=O) groups excluding carboxylic acids is 1. The molecule has 6 heteroatoms. The van der Waals surface area contributed by atoms with E-state index in [1.807, 2.05) is 31.2 Å². The van der Waals surface area contributed by atoms with Gasteiger partial charge in [-0.3, -0.25) is 9.48 Å². The van der Waals surface area contributed by atoms with E-state index < -0.39 is 11.4 Å². The van der Waals surface area contributed by atoms with Crippen molar-refractivity contribution in [2.45, 2.75) is 73.8 Å². The van der Waals surface area contributed by atoms with Crippen molar-refractivity contribution >= 4 is 11.7 Å². The number of carbonyl (C=O) groups is 1. The van der Waals surface area contributed by atoms with Crippen LogP contribution in [0.4, 0.5) is 0 Å². The summed E-state index contributed by atoms with van der Waals surface area (Å²) in [5.74, 6) is -0.375. The predicted octanol–water partition coefficient (Wildman–Crippen LogP) is 5.45. The van der Waals surface area contributed by atoms with Crippen molar-refractivity contribution < 1.29 is 9.53 Å². The molecule has 0 radical (unpaired) electrons. The Labute approximate surface area is 191 Å². The monoisotopic (exact) mass is 432 g/mol. The summed E-state index contributed by atoms with van der Waals surface area (Å²) >= 11 is 0. The van der Waals surface area contributed by atoms with Gasteiger partial charge in [-0.25, -0.2) is 0 Å². The van der Waals surface area contributed by atoms with Gasteiger partial charge < -0.3 is 4.74 Å². The first-order chi connectivity index (χ1) is 14.8. The average molecular weight is 433 g/mol. The summed E-state index contributed by atoms with van der Waals surface area (Å²) < 4.78 is 7.42. The van der Waals surface area contributed by atoms with Crippen molar-refractivity contribution in [3.8, 4) is 12.1 Å². The summed E-state index contributed by atoms with van der Waals surface area (Å²) in [4.78, 5) is 12.8. The number of aromatic nitrogens is 2. The van der Waals surface area contributed by atoms with E-state index in [-0.39, 0.29) is 23.2 Å². The van der Waals surface area contributed by atoms with E-state index in [2.05, 4.69) is 38.0 Å². The van der Waals surface area contributed by atoms with Crippen LogP contribution in [-0.4, -0.2) is 15.7 Å². The number of hydrogen-bond donors (Lipinski definition) is 0. The first kappa shape index (κ1) is 24.9. The van der Waals surface area contributed by atoms with Crippen LogP contribution in [-0.2, 0) is 27.9 Å². The lowest BCUT2D eigenvalue weighted by Gasteiger charge is -2.20. The molecule has 1 aromatic carbocycles. The van der Waals surface area contributed by atoms with Crippen LogP contribution in [0.15, 0.2) is 29.8 Å². The zero-order valence-corrected chi connectivity index (χ0v) is 20.3. The Morgan fingerprint density at radius 2 is 1.69 bits per heavy atom. The van der Waals surface area contributed by atoms with Gasteiger partial charge in [0.05, 0.1) is 22.8 Å². The van der Waals surface area contributed by atoms with Gasteiger partial charge in [0.2, 0.25) is 0 Å². The van der Waals surface area contributed by atoms with Crippen LogP contribution in [0.3, 0.4) is 0 Å². The van der Waals surface area contributed by atoms with Crippen LogP contribution in [0.2, 0.25) is 0 Å². The molecule has 1 aromatic heterocycles. The lowest BCUT2D eigenvalue weighted by molar-refractivity contribution is -0.145. The summed E-state index contributed by atoms with van der Waals surface area (Å²) in [6.45, 7) is 15.8. The van der Waals surface area contributed by atoms with Crippen LogP contribution >= 0.6 is 0 Å². The molecule has 0 N–H and O–H groups in total. The highest BCUT2D eigenvalue weighted by atomic mass is 16.5. The summed E-state index contributed by atoms with van der Waals surface area (Å²) in [6, 6.07) is 12.4. The van der Waals surface area contributed by atoms with E-state index in [1.165, 1.54) is 5.56 Å². The van der Waals surface area contributed by atoms with Crippen LogP contribution in [0.25, 0.3) is 5.76 Å². The van der Waals surface area contributed by atoms with Crippen molar-refractivity contribution in [2.75, 3.05) is 0 Å². The SMILES string of the molecule is CCn1nc(C)c(C#N)c1/C(OC(=O)C(C)(C)C)=C(\C#N)Cc1ccc(C(C)(C)C)cc1. The van der Waals surface area contributed by atoms with Crippen molar-refractivity contribution in [3.05, 3.63) is 57.9 Å². The van der Waals surface area contributed by atoms with Crippen molar-refractivity contribution in [1.29, 1.82) is 10.5 Å². The highest BCUT2D eigenvalue weighted by Crippen LogP contribution is 2.31. The number of esters is 1. The molecule has 0 aliphatic heterocycles. The van der Waals surface area contributed by atoms with Gasteiger partial charge in [-0.2, -0.15) is 15.6 Å². The van der Waals surface area contributed by atoms with Gasteiger partial charge in [0, 0.05) is 13.0 Å². The Kier molecular flexibility index (Phi) is 7.31. The number of ether oxygens (including phenoxy) is 1. The van der Waals surface area contributed by atoms with Gasteiger partial charge in [0.15, 0.2) is 5.76 Å². The predicted molar refractivity (Wildman–Crippen MR) is 124 cm³/mol. The molecular weight excluding hydrogens is 400 g/mol. The third-order valence-electron chi connectivity index (χ3n) is 5.17. The standard InChI is InChI=1S/C26H32N4O2/c1-9-30-22(21(16-28)17(2)29-30)23(32-24(31)26(6,7)8)19(15-27)14-18-10-12-20(13-11-18)25(3,4)5/h10-13H,9,14H2,1-8H3/b23-19+. The summed E-state index contributed by atoms with van der Waals surface area (Å²) in [6.07, 6.45) is 0.270. The largest absolute Gasteiger partial charge is 0.423 e. The minimum atomic E-state index is -0.779. The topological polar surface area (TPSA) is 91.7 Å². The molecule has 2 rings (SSSR count). The quantitative estimate of drug-likeness (QED) is 0.356. The number of nitriles is 2. The number of benzene rings is 1. The molecule has 0 amide bonds. The minimum absolute atomic E-state index is 0.0205. The maximum Gasteiger partial charge on any atom is 0.316 e. The van der Waals surface area contributed by atoms with Gasteiger partial charge in [0.1, 0.15) is 17.3 Å². The minimum Gasteiger partial charge on any atom is -0.423 e.